The summed E-state index contributed by atoms with van der Waals surface area (Å²) in [6.07, 6.45) is 0.258. The molecule has 7 nitrogen and oxygen atoms in total. The monoisotopic (exact) mass is 386 g/mol. The lowest BCUT2D eigenvalue weighted by Crippen LogP contribution is -2.28. The van der Waals surface area contributed by atoms with E-state index in [1.54, 1.807) is 44.2 Å². The second-order valence-corrected chi connectivity index (χ2v) is 6.96. The minimum atomic E-state index is -0.561. The van der Waals surface area contributed by atoms with Gasteiger partial charge < -0.3 is 10.1 Å². The van der Waals surface area contributed by atoms with Gasteiger partial charge in [0.1, 0.15) is 5.00 Å². The molecule has 0 saturated heterocycles. The van der Waals surface area contributed by atoms with Crippen molar-refractivity contribution >= 4 is 40.0 Å². The molecule has 3 amide bonds. The van der Waals surface area contributed by atoms with Crippen molar-refractivity contribution in [2.24, 2.45) is 0 Å². The highest BCUT2D eigenvalue weighted by Gasteiger charge is 2.35. The summed E-state index contributed by atoms with van der Waals surface area (Å²) in [5.41, 5.74) is 0.948. The van der Waals surface area contributed by atoms with Crippen LogP contribution in [-0.4, -0.2) is 35.2 Å². The quantitative estimate of drug-likeness (QED) is 0.608. The summed E-state index contributed by atoms with van der Waals surface area (Å²) in [6.45, 7) is 3.61. The fourth-order valence-corrected chi connectivity index (χ4v) is 3.78. The van der Waals surface area contributed by atoms with Crippen molar-refractivity contribution in [3.8, 4) is 0 Å². The maximum absolute atomic E-state index is 12.5. The van der Waals surface area contributed by atoms with Crippen molar-refractivity contribution in [2.45, 2.75) is 26.8 Å². The largest absolute Gasteiger partial charge is 0.462 e. The number of amides is 3. The van der Waals surface area contributed by atoms with Crippen molar-refractivity contribution in [2.75, 3.05) is 11.9 Å². The normalized spacial score (nSPS) is 12.9. The molecule has 1 aromatic heterocycles. The van der Waals surface area contributed by atoms with E-state index in [1.807, 2.05) is 0 Å². The Kier molecular flexibility index (Phi) is 5.36. The number of carbonyl (C=O) groups excluding carboxylic acids is 4. The van der Waals surface area contributed by atoms with Crippen LogP contribution < -0.4 is 5.32 Å². The minimum absolute atomic E-state index is 0.0193. The first-order valence-electron chi connectivity index (χ1n) is 8.51. The van der Waals surface area contributed by atoms with Crippen LogP contribution in [0.2, 0.25) is 0 Å². The number of rotatable bonds is 6. The van der Waals surface area contributed by atoms with Gasteiger partial charge in [0.2, 0.25) is 5.91 Å². The van der Waals surface area contributed by atoms with Crippen LogP contribution >= 0.6 is 11.3 Å². The van der Waals surface area contributed by atoms with Crippen LogP contribution in [0.1, 0.15) is 56.2 Å². The second kappa shape index (κ2) is 7.71. The van der Waals surface area contributed by atoms with Gasteiger partial charge in [0, 0.05) is 11.3 Å². The standard InChI is InChI=1S/C19H18N2O5S/c1-3-15(22)20-16-14(19(25)26-4-2)9-11(27-16)10-21-17(23)12-7-5-6-8-13(12)18(21)24/h5-9H,3-4,10H2,1-2H3,(H,20,22). The van der Waals surface area contributed by atoms with E-state index in [0.29, 0.717) is 21.0 Å². The van der Waals surface area contributed by atoms with E-state index in [2.05, 4.69) is 5.32 Å². The lowest BCUT2D eigenvalue weighted by molar-refractivity contribution is -0.115. The summed E-state index contributed by atoms with van der Waals surface area (Å²) in [6, 6.07) is 8.19. The molecule has 1 aromatic carbocycles. The molecule has 0 saturated carbocycles. The topological polar surface area (TPSA) is 92.8 Å². The molecule has 0 atom stereocenters. The number of ether oxygens (including phenoxy) is 1. The zero-order valence-corrected chi connectivity index (χ0v) is 15.7. The first-order chi connectivity index (χ1) is 13.0. The number of imide groups is 1. The Hall–Kier alpha value is -3.00. The number of anilines is 1. The highest BCUT2D eigenvalue weighted by molar-refractivity contribution is 7.16. The Labute approximate surface area is 159 Å². The third-order valence-corrected chi connectivity index (χ3v) is 5.08. The minimum Gasteiger partial charge on any atom is -0.462 e. The number of benzene rings is 1. The van der Waals surface area contributed by atoms with E-state index >= 15 is 0 Å². The maximum atomic E-state index is 12.5. The summed E-state index contributed by atoms with van der Waals surface area (Å²) >= 11 is 1.15. The molecule has 0 bridgehead atoms. The van der Waals surface area contributed by atoms with E-state index < -0.39 is 5.97 Å². The number of thiophene rings is 1. The fourth-order valence-electron chi connectivity index (χ4n) is 2.73. The van der Waals surface area contributed by atoms with Crippen LogP contribution in [0.3, 0.4) is 0 Å². The van der Waals surface area contributed by atoms with E-state index in [0.717, 1.165) is 16.2 Å². The van der Waals surface area contributed by atoms with Gasteiger partial charge in [-0.2, -0.15) is 0 Å². The molecule has 0 aliphatic carbocycles. The molecule has 0 unspecified atom stereocenters. The zero-order valence-electron chi connectivity index (χ0n) is 14.9. The van der Waals surface area contributed by atoms with Crippen LogP contribution in [0.25, 0.3) is 0 Å². The number of nitrogens with zero attached hydrogens (tertiary/aromatic N) is 1. The Morgan fingerprint density at radius 3 is 2.30 bits per heavy atom. The molecule has 27 heavy (non-hydrogen) atoms. The number of fused-ring (bicyclic) bond motifs is 1. The molecule has 2 heterocycles. The zero-order chi connectivity index (χ0) is 19.6. The molecule has 2 aromatic rings. The van der Waals surface area contributed by atoms with Crippen molar-refractivity contribution in [3.05, 3.63) is 51.9 Å². The van der Waals surface area contributed by atoms with Gasteiger partial charge in [-0.05, 0) is 25.1 Å². The highest BCUT2D eigenvalue weighted by Crippen LogP contribution is 2.32. The van der Waals surface area contributed by atoms with E-state index in [9.17, 15) is 19.2 Å². The summed E-state index contributed by atoms with van der Waals surface area (Å²) in [5.74, 6) is -1.55. The summed E-state index contributed by atoms with van der Waals surface area (Å²) in [4.78, 5) is 50.7. The van der Waals surface area contributed by atoms with Gasteiger partial charge in [-0.15, -0.1) is 11.3 Å². The maximum Gasteiger partial charge on any atom is 0.341 e. The van der Waals surface area contributed by atoms with Crippen LogP contribution in [0.5, 0.6) is 0 Å². The molecular formula is C19H18N2O5S. The third kappa shape index (κ3) is 3.61. The van der Waals surface area contributed by atoms with Crippen molar-refractivity contribution < 1.29 is 23.9 Å². The van der Waals surface area contributed by atoms with E-state index in [4.69, 9.17) is 4.74 Å². The SMILES string of the molecule is CCOC(=O)c1cc(CN2C(=O)c3ccccc3C2=O)sc1NC(=O)CC. The predicted octanol–water partition coefficient (Wildman–Crippen LogP) is 3.07. The van der Waals surface area contributed by atoms with Crippen LogP contribution in [0, 0.1) is 0 Å². The number of hydrogen-bond acceptors (Lipinski definition) is 6. The molecule has 0 fully saturated rings. The van der Waals surface area contributed by atoms with Crippen LogP contribution in [0.4, 0.5) is 5.00 Å². The van der Waals surface area contributed by atoms with Gasteiger partial charge in [-0.25, -0.2) is 4.79 Å². The fraction of sp³-hybridized carbons (Fsp3) is 0.263. The van der Waals surface area contributed by atoms with Gasteiger partial charge >= 0.3 is 5.97 Å². The molecule has 8 heteroatoms. The number of esters is 1. The van der Waals surface area contributed by atoms with Gasteiger partial charge in [0.05, 0.1) is 29.8 Å². The first kappa shape index (κ1) is 18.8. The van der Waals surface area contributed by atoms with Gasteiger partial charge in [0.15, 0.2) is 0 Å². The van der Waals surface area contributed by atoms with Gasteiger partial charge in [0.25, 0.3) is 11.8 Å². The second-order valence-electron chi connectivity index (χ2n) is 5.82. The van der Waals surface area contributed by atoms with Crippen molar-refractivity contribution in [3.63, 3.8) is 0 Å². The lowest BCUT2D eigenvalue weighted by atomic mass is 10.1. The average molecular weight is 386 g/mol. The first-order valence-corrected chi connectivity index (χ1v) is 9.32. The van der Waals surface area contributed by atoms with Gasteiger partial charge in [-0.3, -0.25) is 19.3 Å². The highest BCUT2D eigenvalue weighted by atomic mass is 32.1. The molecule has 1 N–H and O–H groups in total. The van der Waals surface area contributed by atoms with Gasteiger partial charge in [-0.1, -0.05) is 19.1 Å². The van der Waals surface area contributed by atoms with E-state index in [-0.39, 0.29) is 42.9 Å². The molecule has 1 aliphatic heterocycles. The number of carbonyl (C=O) groups is 4. The lowest BCUT2D eigenvalue weighted by Gasteiger charge is -2.12. The van der Waals surface area contributed by atoms with E-state index in [1.165, 1.54) is 0 Å². The molecule has 0 spiro atoms. The molecular weight excluding hydrogens is 368 g/mol. The smallest absolute Gasteiger partial charge is 0.341 e. The van der Waals surface area contributed by atoms with Crippen molar-refractivity contribution in [1.82, 2.24) is 4.90 Å². The number of hydrogen-bond donors (Lipinski definition) is 1. The Morgan fingerprint density at radius 1 is 1.11 bits per heavy atom. The summed E-state index contributed by atoms with van der Waals surface area (Å²) in [5, 5.41) is 3.03. The molecule has 140 valence electrons. The summed E-state index contributed by atoms with van der Waals surface area (Å²) in [7, 11) is 0. The van der Waals surface area contributed by atoms with Crippen LogP contribution in [-0.2, 0) is 16.1 Å². The van der Waals surface area contributed by atoms with Crippen LogP contribution in [0.15, 0.2) is 30.3 Å². The average Bonchev–Trinajstić information content (AvgIpc) is 3.17. The Morgan fingerprint density at radius 2 is 1.74 bits per heavy atom. The molecule has 1 aliphatic rings. The predicted molar refractivity (Wildman–Crippen MR) is 99.8 cm³/mol. The molecule has 0 radical (unpaired) electrons. The Balaban J connectivity index is 1.88. The number of nitrogens with one attached hydrogen (secondary N) is 1. The Bertz CT molecular complexity index is 899. The van der Waals surface area contributed by atoms with Crippen molar-refractivity contribution in [1.29, 1.82) is 0 Å². The molecule has 3 rings (SSSR count). The summed E-state index contributed by atoms with van der Waals surface area (Å²) < 4.78 is 5.03. The third-order valence-electron chi connectivity index (χ3n) is 4.04.